The summed E-state index contributed by atoms with van der Waals surface area (Å²) in [5.74, 6) is -0.834. The SMILES string of the molecule is CCOc1nc2[nH]cc(F)c2cc1Oc1cc(N2CCC3(CC2)CN([C@@H]2CCC[C@@H]2c2ccccc2C2(C)CC2)C3)ccc1C(=O)NS(=O)(=O)c1ccc(NC[C@H]2CC[C@](C)(O)CC2)c([N+](=O)[O-])c1. The molecule has 3 aliphatic carbocycles. The van der Waals surface area contributed by atoms with E-state index in [0.29, 0.717) is 36.8 Å². The number of sulfonamides is 1. The fourth-order valence-electron chi connectivity index (χ4n) is 11.5. The van der Waals surface area contributed by atoms with Gasteiger partial charge in [-0.25, -0.2) is 17.5 Å². The Hall–Kier alpha value is -5.78. The van der Waals surface area contributed by atoms with Crippen LogP contribution >= 0.6 is 0 Å². The number of nitro groups is 1. The molecular formula is C52H62FN7O8S. The summed E-state index contributed by atoms with van der Waals surface area (Å²) in [6.07, 6.45) is 12.1. The molecule has 3 saturated carbocycles. The number of nitrogens with zero attached hydrogens (tertiary/aromatic N) is 4. The molecule has 10 rings (SSSR count). The summed E-state index contributed by atoms with van der Waals surface area (Å²) in [5.41, 5.74) is 3.44. The van der Waals surface area contributed by atoms with Gasteiger partial charge in [-0.05, 0) is 136 Å². The van der Waals surface area contributed by atoms with Crippen molar-refractivity contribution in [2.75, 3.05) is 49.5 Å². The summed E-state index contributed by atoms with van der Waals surface area (Å²) in [4.78, 5) is 37.4. The van der Waals surface area contributed by atoms with Crippen molar-refractivity contribution in [3.05, 3.63) is 106 Å². The molecule has 5 fully saturated rings. The van der Waals surface area contributed by atoms with Crippen LogP contribution in [-0.2, 0) is 15.4 Å². The van der Waals surface area contributed by atoms with E-state index in [1.54, 1.807) is 37.1 Å². The summed E-state index contributed by atoms with van der Waals surface area (Å²) in [7, 11) is -4.66. The third kappa shape index (κ3) is 9.49. The predicted octanol–water partition coefficient (Wildman–Crippen LogP) is 9.56. The number of rotatable bonds is 15. The number of carbonyl (C=O) groups is 1. The molecule has 1 amide bonds. The fraction of sp³-hybridized carbons (Fsp3) is 0.500. The average molecular weight is 964 g/mol. The molecule has 1 spiro atoms. The Kier molecular flexibility index (Phi) is 12.4. The van der Waals surface area contributed by atoms with E-state index in [2.05, 4.69) is 61.0 Å². The van der Waals surface area contributed by atoms with Crippen molar-refractivity contribution in [2.24, 2.45) is 11.3 Å². The van der Waals surface area contributed by atoms with Gasteiger partial charge in [-0.15, -0.1) is 0 Å². The molecule has 5 aliphatic rings. The van der Waals surface area contributed by atoms with Gasteiger partial charge in [-0.2, -0.15) is 4.98 Å². The average Bonchev–Trinajstić information content (AvgIpc) is 3.70. The lowest BCUT2D eigenvalue weighted by molar-refractivity contribution is -0.384. The molecule has 69 heavy (non-hydrogen) atoms. The molecule has 4 heterocycles. The van der Waals surface area contributed by atoms with Crippen LogP contribution in [0.4, 0.5) is 21.5 Å². The number of aliphatic hydroxyl groups is 1. The first-order valence-corrected chi connectivity index (χ1v) is 26.0. The van der Waals surface area contributed by atoms with Gasteiger partial charge in [0.05, 0.1) is 33.0 Å². The number of ether oxygens (including phenoxy) is 2. The zero-order valence-corrected chi connectivity index (χ0v) is 40.4. The number of pyridine rings is 1. The van der Waals surface area contributed by atoms with E-state index in [1.807, 2.05) is 0 Å². The van der Waals surface area contributed by atoms with Crippen LogP contribution in [0.15, 0.2) is 77.8 Å². The summed E-state index contributed by atoms with van der Waals surface area (Å²) in [5, 5.41) is 25.8. The number of hydrogen-bond acceptors (Lipinski definition) is 12. The van der Waals surface area contributed by atoms with Crippen molar-refractivity contribution in [2.45, 2.75) is 119 Å². The van der Waals surface area contributed by atoms with Crippen LogP contribution in [-0.4, -0.2) is 90.2 Å². The molecule has 17 heteroatoms. The Bertz CT molecular complexity index is 2880. The largest absolute Gasteiger partial charge is 0.475 e. The number of anilines is 2. The van der Waals surface area contributed by atoms with E-state index in [4.69, 9.17) is 9.47 Å². The minimum atomic E-state index is -4.66. The smallest absolute Gasteiger partial charge is 0.293 e. The normalized spacial score (nSPS) is 24.2. The van der Waals surface area contributed by atoms with E-state index in [-0.39, 0.29) is 57.6 Å². The number of nitrogens with one attached hydrogen (secondary N) is 3. The number of H-pyrrole nitrogens is 1. The van der Waals surface area contributed by atoms with Crippen LogP contribution in [0.25, 0.3) is 11.0 Å². The highest BCUT2D eigenvalue weighted by molar-refractivity contribution is 7.90. The van der Waals surface area contributed by atoms with Gasteiger partial charge in [0.25, 0.3) is 27.5 Å². The molecule has 4 N–H and O–H groups in total. The predicted molar refractivity (Wildman–Crippen MR) is 261 cm³/mol. The maximum absolute atomic E-state index is 14.9. The lowest BCUT2D eigenvalue weighted by Gasteiger charge is -2.57. The van der Waals surface area contributed by atoms with Gasteiger partial charge in [0.2, 0.25) is 0 Å². The number of fused-ring (bicyclic) bond motifs is 1. The molecule has 15 nitrogen and oxygen atoms in total. The lowest BCUT2D eigenvalue weighted by atomic mass is 9.70. The number of piperidine rings is 1. The minimum absolute atomic E-state index is 0.0143. The van der Waals surface area contributed by atoms with Crippen molar-refractivity contribution in [3.8, 4) is 17.4 Å². The zero-order valence-electron chi connectivity index (χ0n) is 39.6. The third-order valence-corrected chi connectivity index (χ3v) is 17.3. The number of aromatic amines is 1. The molecule has 2 aromatic heterocycles. The van der Waals surface area contributed by atoms with E-state index < -0.39 is 42.9 Å². The fourth-order valence-corrected chi connectivity index (χ4v) is 12.5. The number of amides is 1. The molecule has 366 valence electrons. The second-order valence-electron chi connectivity index (χ2n) is 20.9. The van der Waals surface area contributed by atoms with Crippen molar-refractivity contribution < 1.29 is 37.1 Å². The number of carbonyl (C=O) groups excluding carboxylic acids is 1. The van der Waals surface area contributed by atoms with Gasteiger partial charge >= 0.3 is 0 Å². The van der Waals surface area contributed by atoms with Gasteiger partial charge in [-0.3, -0.25) is 19.8 Å². The highest BCUT2D eigenvalue weighted by atomic mass is 32.2. The van der Waals surface area contributed by atoms with Gasteiger partial charge < -0.3 is 29.8 Å². The number of aromatic nitrogens is 2. The van der Waals surface area contributed by atoms with Crippen LogP contribution < -0.4 is 24.4 Å². The van der Waals surface area contributed by atoms with Crippen LogP contribution in [0.2, 0.25) is 0 Å². The summed E-state index contributed by atoms with van der Waals surface area (Å²) in [6.45, 7) is 10.3. The first kappa shape index (κ1) is 46.9. The molecule has 0 radical (unpaired) electrons. The number of benzene rings is 3. The Morgan fingerprint density at radius 1 is 0.971 bits per heavy atom. The Morgan fingerprint density at radius 3 is 2.45 bits per heavy atom. The first-order chi connectivity index (χ1) is 33.0. The van der Waals surface area contributed by atoms with E-state index in [0.717, 1.165) is 63.6 Å². The van der Waals surface area contributed by atoms with Crippen LogP contribution in [0.3, 0.4) is 0 Å². The van der Waals surface area contributed by atoms with E-state index in [9.17, 15) is 32.8 Å². The Balaban J connectivity index is 0.868. The van der Waals surface area contributed by atoms with Gasteiger partial charge in [-0.1, -0.05) is 37.6 Å². The Morgan fingerprint density at radius 2 is 1.72 bits per heavy atom. The molecule has 3 aromatic carbocycles. The van der Waals surface area contributed by atoms with Gasteiger partial charge in [0.15, 0.2) is 5.75 Å². The maximum Gasteiger partial charge on any atom is 0.293 e. The quantitative estimate of drug-likeness (QED) is 0.0575. The highest BCUT2D eigenvalue weighted by Gasteiger charge is 2.50. The molecule has 2 aliphatic heterocycles. The minimum Gasteiger partial charge on any atom is -0.475 e. The van der Waals surface area contributed by atoms with Gasteiger partial charge in [0, 0.05) is 68.8 Å². The van der Waals surface area contributed by atoms with E-state index in [1.165, 1.54) is 62.6 Å². The molecule has 2 saturated heterocycles. The van der Waals surface area contributed by atoms with Crippen molar-refractivity contribution in [1.82, 2.24) is 19.6 Å². The zero-order chi connectivity index (χ0) is 48.3. The lowest BCUT2D eigenvalue weighted by Crippen LogP contribution is -2.63. The van der Waals surface area contributed by atoms with Crippen molar-refractivity contribution >= 4 is 44.0 Å². The molecular weight excluding hydrogens is 902 g/mol. The summed E-state index contributed by atoms with van der Waals surface area (Å²) < 4.78 is 56.9. The monoisotopic (exact) mass is 963 g/mol. The van der Waals surface area contributed by atoms with E-state index >= 15 is 0 Å². The number of halogens is 1. The van der Waals surface area contributed by atoms with Crippen molar-refractivity contribution in [3.63, 3.8) is 0 Å². The Labute approximate surface area is 402 Å². The second kappa shape index (κ2) is 18.2. The highest BCUT2D eigenvalue weighted by Crippen LogP contribution is 2.54. The van der Waals surface area contributed by atoms with Crippen LogP contribution in [0, 0.1) is 27.3 Å². The number of nitro benzene ring substituents is 1. The van der Waals surface area contributed by atoms with Crippen LogP contribution in [0.5, 0.6) is 17.4 Å². The number of hydrogen-bond donors (Lipinski definition) is 4. The van der Waals surface area contributed by atoms with Crippen molar-refractivity contribution in [1.29, 1.82) is 0 Å². The second-order valence-corrected chi connectivity index (χ2v) is 22.6. The summed E-state index contributed by atoms with van der Waals surface area (Å²) in [6, 6.07) is 19.5. The maximum atomic E-state index is 14.9. The topological polar surface area (TPSA) is 192 Å². The molecule has 2 atom stereocenters. The summed E-state index contributed by atoms with van der Waals surface area (Å²) >= 11 is 0. The standard InChI is InChI=1S/C52H62FN7O8S/c1-4-67-49-46(28-39-41(53)30-55-47(39)56-49)68-45-26-34(58-24-22-52(23-25-58)31-59(32-52)43-11-7-9-37(43)36-8-5-6-10-40(36)50(2)20-21-50)12-14-38(45)48(61)57-69(65,66)35-13-15-42(44(27-35)60(63)64)54-29-33-16-18-51(3,62)19-17-33/h5-6,8,10,12-15,26-28,30,33,37,43,54,62H,4,7,9,11,16-25,29,31-32H2,1-3H3,(H,55,56)(H,57,61)/t33-,37-,43-,51-/m1/s1. The first-order valence-electron chi connectivity index (χ1n) is 24.6. The molecule has 0 unspecified atom stereocenters. The van der Waals surface area contributed by atoms with Gasteiger partial charge in [0.1, 0.15) is 22.9 Å². The molecule has 5 aromatic rings. The number of likely N-dealkylation sites (tertiary alicyclic amines) is 1. The van der Waals surface area contributed by atoms with Crippen LogP contribution in [0.1, 0.15) is 119 Å². The molecule has 0 bridgehead atoms. The third-order valence-electron chi connectivity index (χ3n) is 16.0.